The molecule has 0 bridgehead atoms. The summed E-state index contributed by atoms with van der Waals surface area (Å²) in [5.41, 5.74) is 7.48. The summed E-state index contributed by atoms with van der Waals surface area (Å²) < 4.78 is 5.22. The van der Waals surface area contributed by atoms with Crippen molar-refractivity contribution in [1.29, 1.82) is 0 Å². The molecule has 112 valence electrons. The van der Waals surface area contributed by atoms with Crippen LogP contribution in [0, 0.1) is 0 Å². The molecule has 0 spiro atoms. The van der Waals surface area contributed by atoms with Crippen molar-refractivity contribution >= 4 is 23.2 Å². The molecule has 2 atom stereocenters. The Morgan fingerprint density at radius 2 is 2.15 bits per heavy atom. The Bertz CT molecular complexity index is 442. The quantitative estimate of drug-likeness (QED) is 0.924. The number of hydrogen-bond donors (Lipinski definition) is 1. The lowest BCUT2D eigenvalue weighted by atomic mass is 9.96. The highest BCUT2D eigenvalue weighted by molar-refractivity contribution is 6.35. The van der Waals surface area contributed by atoms with Crippen molar-refractivity contribution < 1.29 is 4.74 Å². The number of nitrogens with zero attached hydrogens (tertiary/aromatic N) is 1. The lowest BCUT2D eigenvalue weighted by molar-refractivity contribution is 0.115. The van der Waals surface area contributed by atoms with E-state index in [1.54, 1.807) is 13.2 Å². The second kappa shape index (κ2) is 7.62. The Morgan fingerprint density at radius 3 is 2.85 bits per heavy atom. The number of benzene rings is 1. The molecule has 1 heterocycles. The molecule has 0 radical (unpaired) electrons. The van der Waals surface area contributed by atoms with E-state index in [0.717, 1.165) is 31.5 Å². The molecule has 1 aromatic carbocycles. The van der Waals surface area contributed by atoms with Gasteiger partial charge in [0, 0.05) is 29.7 Å². The normalized spacial score (nSPS) is 24.6. The van der Waals surface area contributed by atoms with Crippen molar-refractivity contribution in [3.63, 3.8) is 0 Å². The van der Waals surface area contributed by atoms with Crippen molar-refractivity contribution in [2.24, 2.45) is 5.73 Å². The van der Waals surface area contributed by atoms with E-state index in [4.69, 9.17) is 33.7 Å². The summed E-state index contributed by atoms with van der Waals surface area (Å²) in [6.07, 6.45) is 3.35. The summed E-state index contributed by atoms with van der Waals surface area (Å²) in [6.45, 7) is 2.60. The lowest BCUT2D eigenvalue weighted by Gasteiger charge is -2.34. The van der Waals surface area contributed by atoms with Crippen molar-refractivity contribution in [2.75, 3.05) is 26.8 Å². The monoisotopic (exact) mass is 316 g/mol. The van der Waals surface area contributed by atoms with Crippen LogP contribution in [-0.2, 0) is 4.74 Å². The Labute approximate surface area is 131 Å². The van der Waals surface area contributed by atoms with Crippen molar-refractivity contribution in [2.45, 2.75) is 31.3 Å². The maximum absolute atomic E-state index is 6.41. The highest BCUT2D eigenvalue weighted by Crippen LogP contribution is 2.34. The van der Waals surface area contributed by atoms with Crippen LogP contribution in [0.4, 0.5) is 0 Å². The van der Waals surface area contributed by atoms with Crippen molar-refractivity contribution in [3.05, 3.63) is 33.8 Å². The topological polar surface area (TPSA) is 38.5 Å². The van der Waals surface area contributed by atoms with Gasteiger partial charge < -0.3 is 10.5 Å². The molecular weight excluding hydrogens is 295 g/mol. The van der Waals surface area contributed by atoms with Gasteiger partial charge in [-0.15, -0.1) is 0 Å². The van der Waals surface area contributed by atoms with Crippen LogP contribution in [0.3, 0.4) is 0 Å². The van der Waals surface area contributed by atoms with Crippen LogP contribution >= 0.6 is 23.2 Å². The van der Waals surface area contributed by atoms with Crippen LogP contribution in [0.5, 0.6) is 0 Å². The van der Waals surface area contributed by atoms with Crippen LogP contribution in [0.1, 0.15) is 30.9 Å². The van der Waals surface area contributed by atoms with Crippen LogP contribution in [0.15, 0.2) is 18.2 Å². The Balaban J connectivity index is 2.29. The minimum Gasteiger partial charge on any atom is -0.383 e. The van der Waals surface area contributed by atoms with E-state index >= 15 is 0 Å². The van der Waals surface area contributed by atoms with Crippen molar-refractivity contribution in [1.82, 2.24) is 4.90 Å². The van der Waals surface area contributed by atoms with Crippen LogP contribution < -0.4 is 5.73 Å². The fourth-order valence-corrected chi connectivity index (χ4v) is 3.41. The zero-order chi connectivity index (χ0) is 14.5. The minimum atomic E-state index is 0.0908. The van der Waals surface area contributed by atoms with Gasteiger partial charge in [-0.1, -0.05) is 35.7 Å². The minimum absolute atomic E-state index is 0.0908. The van der Waals surface area contributed by atoms with E-state index in [1.807, 2.05) is 12.1 Å². The van der Waals surface area contributed by atoms with E-state index in [-0.39, 0.29) is 12.1 Å². The predicted octanol–water partition coefficient (Wildman–Crippen LogP) is 3.49. The molecule has 2 N–H and O–H groups in total. The lowest BCUT2D eigenvalue weighted by Crippen LogP contribution is -2.41. The fraction of sp³-hybridized carbons (Fsp3) is 0.600. The van der Waals surface area contributed by atoms with E-state index in [9.17, 15) is 0 Å². The number of hydrogen-bond acceptors (Lipinski definition) is 3. The van der Waals surface area contributed by atoms with Gasteiger partial charge in [0.15, 0.2) is 0 Å². The SMILES string of the molecule is COCCN1CCCCC(N)C1c1ccc(Cl)cc1Cl. The van der Waals surface area contributed by atoms with Gasteiger partial charge in [0.1, 0.15) is 0 Å². The molecule has 2 rings (SSSR count). The Hall–Kier alpha value is -0.320. The van der Waals surface area contributed by atoms with Gasteiger partial charge in [-0.3, -0.25) is 4.90 Å². The molecule has 3 nitrogen and oxygen atoms in total. The molecule has 0 aromatic heterocycles. The summed E-state index contributed by atoms with van der Waals surface area (Å²) in [6, 6.07) is 5.91. The van der Waals surface area contributed by atoms with Crippen LogP contribution in [-0.4, -0.2) is 37.7 Å². The molecule has 1 aliphatic rings. The summed E-state index contributed by atoms with van der Waals surface area (Å²) in [7, 11) is 1.72. The molecule has 1 saturated heterocycles. The van der Waals surface area contributed by atoms with Gasteiger partial charge in [-0.2, -0.15) is 0 Å². The zero-order valence-electron chi connectivity index (χ0n) is 11.8. The molecule has 1 aromatic rings. The smallest absolute Gasteiger partial charge is 0.0589 e. The van der Waals surface area contributed by atoms with Gasteiger partial charge in [0.25, 0.3) is 0 Å². The third kappa shape index (κ3) is 3.86. The summed E-state index contributed by atoms with van der Waals surface area (Å²) in [4.78, 5) is 2.39. The molecule has 20 heavy (non-hydrogen) atoms. The average Bonchev–Trinajstić information content (AvgIpc) is 2.59. The number of ether oxygens (including phenoxy) is 1. The standard InChI is InChI=1S/C15H22Cl2N2O/c1-20-9-8-19-7-3-2-4-14(18)15(19)12-6-5-11(16)10-13(12)17/h5-6,10,14-15H,2-4,7-9,18H2,1H3. The number of rotatable bonds is 4. The first kappa shape index (κ1) is 16.1. The number of halogens is 2. The number of likely N-dealkylation sites (tertiary alicyclic amines) is 1. The Morgan fingerprint density at radius 1 is 1.35 bits per heavy atom. The first-order chi connectivity index (χ1) is 9.63. The van der Waals surface area contributed by atoms with E-state index in [2.05, 4.69) is 4.90 Å². The highest BCUT2D eigenvalue weighted by Gasteiger charge is 2.30. The molecule has 5 heteroatoms. The van der Waals surface area contributed by atoms with Gasteiger partial charge in [0.05, 0.1) is 12.6 Å². The molecule has 2 unspecified atom stereocenters. The number of methoxy groups -OCH3 is 1. The van der Waals surface area contributed by atoms with E-state index < -0.39 is 0 Å². The van der Waals surface area contributed by atoms with Crippen molar-refractivity contribution in [3.8, 4) is 0 Å². The Kier molecular flexibility index (Phi) is 6.12. The average molecular weight is 317 g/mol. The zero-order valence-corrected chi connectivity index (χ0v) is 13.3. The maximum Gasteiger partial charge on any atom is 0.0589 e. The van der Waals surface area contributed by atoms with Crippen LogP contribution in [0.25, 0.3) is 0 Å². The van der Waals surface area contributed by atoms with Gasteiger partial charge in [-0.25, -0.2) is 0 Å². The molecule has 0 amide bonds. The molecular formula is C15H22Cl2N2O. The van der Waals surface area contributed by atoms with Crippen LogP contribution in [0.2, 0.25) is 10.0 Å². The maximum atomic E-state index is 6.41. The molecule has 1 fully saturated rings. The molecule has 0 saturated carbocycles. The number of nitrogens with two attached hydrogens (primary N) is 1. The summed E-state index contributed by atoms with van der Waals surface area (Å²) in [5.74, 6) is 0. The summed E-state index contributed by atoms with van der Waals surface area (Å²) >= 11 is 12.4. The predicted molar refractivity (Wildman–Crippen MR) is 84.5 cm³/mol. The van der Waals surface area contributed by atoms with Gasteiger partial charge >= 0.3 is 0 Å². The summed E-state index contributed by atoms with van der Waals surface area (Å²) in [5, 5.41) is 1.35. The third-order valence-electron chi connectivity index (χ3n) is 3.90. The first-order valence-corrected chi connectivity index (χ1v) is 7.82. The molecule has 1 aliphatic heterocycles. The largest absolute Gasteiger partial charge is 0.383 e. The third-order valence-corrected chi connectivity index (χ3v) is 4.46. The van der Waals surface area contributed by atoms with Gasteiger partial charge in [-0.05, 0) is 37.1 Å². The van der Waals surface area contributed by atoms with Gasteiger partial charge in [0.2, 0.25) is 0 Å². The second-order valence-corrected chi connectivity index (χ2v) is 6.14. The molecule has 0 aliphatic carbocycles. The van der Waals surface area contributed by atoms with E-state index in [1.165, 1.54) is 6.42 Å². The van der Waals surface area contributed by atoms with E-state index in [0.29, 0.717) is 16.7 Å². The first-order valence-electron chi connectivity index (χ1n) is 7.07. The fourth-order valence-electron chi connectivity index (χ4n) is 2.89. The highest BCUT2D eigenvalue weighted by atomic mass is 35.5. The second-order valence-electron chi connectivity index (χ2n) is 5.30.